The third-order valence-electron chi connectivity index (χ3n) is 3.25. The first-order valence-corrected chi connectivity index (χ1v) is 6.40. The molecule has 0 bridgehead atoms. The Labute approximate surface area is 104 Å². The van der Waals surface area contributed by atoms with Crippen molar-refractivity contribution in [3.05, 3.63) is 29.3 Å². The Balaban J connectivity index is 1.81. The number of hydrogen-bond donors (Lipinski definition) is 2. The standard InChI is InChI=1S/C14H22N2O/c1-11-4-3-5-12(2)14(11)17-9-6-13-10-15-7-8-16-13/h3-5,13,15-16H,6-10H2,1-2H3. The average Bonchev–Trinajstić information content (AvgIpc) is 2.34. The maximum absolute atomic E-state index is 5.90. The van der Waals surface area contributed by atoms with Gasteiger partial charge in [0.2, 0.25) is 0 Å². The zero-order valence-corrected chi connectivity index (χ0v) is 10.8. The first-order chi connectivity index (χ1) is 8.27. The van der Waals surface area contributed by atoms with Crippen LogP contribution in [0, 0.1) is 13.8 Å². The van der Waals surface area contributed by atoms with E-state index in [9.17, 15) is 0 Å². The summed E-state index contributed by atoms with van der Waals surface area (Å²) in [6.45, 7) is 8.18. The fourth-order valence-corrected chi connectivity index (χ4v) is 2.25. The van der Waals surface area contributed by atoms with Gasteiger partial charge in [-0.1, -0.05) is 18.2 Å². The Morgan fingerprint density at radius 2 is 2.00 bits per heavy atom. The van der Waals surface area contributed by atoms with E-state index in [0.717, 1.165) is 38.4 Å². The lowest BCUT2D eigenvalue weighted by atomic mass is 10.1. The van der Waals surface area contributed by atoms with Crippen molar-refractivity contribution < 1.29 is 4.74 Å². The first-order valence-electron chi connectivity index (χ1n) is 6.40. The molecule has 1 aliphatic heterocycles. The predicted molar refractivity (Wildman–Crippen MR) is 70.7 cm³/mol. The molecular weight excluding hydrogens is 212 g/mol. The number of aryl methyl sites for hydroxylation is 2. The molecule has 17 heavy (non-hydrogen) atoms. The average molecular weight is 234 g/mol. The van der Waals surface area contributed by atoms with Gasteiger partial charge in [-0.2, -0.15) is 0 Å². The summed E-state index contributed by atoms with van der Waals surface area (Å²) in [5, 5.41) is 6.88. The van der Waals surface area contributed by atoms with Crippen LogP contribution in [0.3, 0.4) is 0 Å². The lowest BCUT2D eigenvalue weighted by Gasteiger charge is -2.24. The molecule has 94 valence electrons. The van der Waals surface area contributed by atoms with Gasteiger partial charge in [-0.05, 0) is 31.4 Å². The van der Waals surface area contributed by atoms with Crippen molar-refractivity contribution in [3.8, 4) is 5.75 Å². The molecule has 0 amide bonds. The summed E-state index contributed by atoms with van der Waals surface area (Å²) in [6.07, 6.45) is 1.06. The third kappa shape index (κ3) is 3.45. The van der Waals surface area contributed by atoms with Crippen molar-refractivity contribution in [2.24, 2.45) is 0 Å². The molecule has 1 heterocycles. The highest BCUT2D eigenvalue weighted by Crippen LogP contribution is 2.22. The van der Waals surface area contributed by atoms with Crippen LogP contribution in [-0.2, 0) is 0 Å². The number of ether oxygens (including phenoxy) is 1. The molecule has 1 unspecified atom stereocenters. The molecule has 0 saturated carbocycles. The van der Waals surface area contributed by atoms with Crippen molar-refractivity contribution in [3.63, 3.8) is 0 Å². The van der Waals surface area contributed by atoms with Crippen LogP contribution in [0.2, 0.25) is 0 Å². The molecule has 2 rings (SSSR count). The highest BCUT2D eigenvalue weighted by Gasteiger charge is 2.12. The largest absolute Gasteiger partial charge is 0.493 e. The third-order valence-corrected chi connectivity index (χ3v) is 3.25. The second kappa shape index (κ2) is 6.03. The van der Waals surface area contributed by atoms with Crippen LogP contribution in [-0.4, -0.2) is 32.3 Å². The minimum absolute atomic E-state index is 0.549. The normalized spacial score (nSPS) is 20.2. The number of hydrogen-bond acceptors (Lipinski definition) is 3. The quantitative estimate of drug-likeness (QED) is 0.831. The number of benzene rings is 1. The van der Waals surface area contributed by atoms with Crippen molar-refractivity contribution in [1.29, 1.82) is 0 Å². The van der Waals surface area contributed by atoms with Gasteiger partial charge in [0.15, 0.2) is 0 Å². The minimum atomic E-state index is 0.549. The first kappa shape index (κ1) is 12.4. The van der Waals surface area contributed by atoms with Crippen molar-refractivity contribution in [2.75, 3.05) is 26.2 Å². The summed E-state index contributed by atoms with van der Waals surface area (Å²) < 4.78 is 5.90. The Kier molecular flexibility index (Phi) is 4.40. The summed E-state index contributed by atoms with van der Waals surface area (Å²) >= 11 is 0. The summed E-state index contributed by atoms with van der Waals surface area (Å²) in [5.41, 5.74) is 2.44. The van der Waals surface area contributed by atoms with Crippen LogP contribution in [0.15, 0.2) is 18.2 Å². The van der Waals surface area contributed by atoms with Gasteiger partial charge in [0.05, 0.1) is 6.61 Å². The van der Waals surface area contributed by atoms with Crippen molar-refractivity contribution in [1.82, 2.24) is 10.6 Å². The number of piperazine rings is 1. The smallest absolute Gasteiger partial charge is 0.125 e. The van der Waals surface area contributed by atoms with E-state index >= 15 is 0 Å². The van der Waals surface area contributed by atoms with Gasteiger partial charge in [0.25, 0.3) is 0 Å². The minimum Gasteiger partial charge on any atom is -0.493 e. The summed E-state index contributed by atoms with van der Waals surface area (Å²) in [7, 11) is 0. The van der Waals surface area contributed by atoms with Gasteiger partial charge in [0, 0.05) is 25.7 Å². The van der Waals surface area contributed by atoms with Gasteiger partial charge < -0.3 is 15.4 Å². The SMILES string of the molecule is Cc1cccc(C)c1OCCC1CNCCN1. The van der Waals surface area contributed by atoms with Crippen LogP contribution in [0.4, 0.5) is 0 Å². The van der Waals surface area contributed by atoms with Gasteiger partial charge in [0.1, 0.15) is 5.75 Å². The van der Waals surface area contributed by atoms with Crippen molar-refractivity contribution in [2.45, 2.75) is 26.3 Å². The topological polar surface area (TPSA) is 33.3 Å². The maximum Gasteiger partial charge on any atom is 0.125 e. The monoisotopic (exact) mass is 234 g/mol. The molecule has 2 N–H and O–H groups in total. The molecule has 0 radical (unpaired) electrons. The Morgan fingerprint density at radius 1 is 1.24 bits per heavy atom. The molecule has 0 aliphatic carbocycles. The Morgan fingerprint density at radius 3 is 2.65 bits per heavy atom. The molecule has 1 fully saturated rings. The molecule has 0 aromatic heterocycles. The van der Waals surface area contributed by atoms with E-state index in [1.165, 1.54) is 11.1 Å². The molecule has 0 spiro atoms. The van der Waals surface area contributed by atoms with E-state index in [-0.39, 0.29) is 0 Å². The van der Waals surface area contributed by atoms with Crippen molar-refractivity contribution >= 4 is 0 Å². The molecule has 3 nitrogen and oxygen atoms in total. The summed E-state index contributed by atoms with van der Waals surface area (Å²) in [4.78, 5) is 0. The van der Waals surface area contributed by atoms with E-state index < -0.39 is 0 Å². The van der Waals surface area contributed by atoms with E-state index in [0.29, 0.717) is 6.04 Å². The fraction of sp³-hybridized carbons (Fsp3) is 0.571. The molecule has 3 heteroatoms. The number of para-hydroxylation sites is 1. The number of nitrogens with one attached hydrogen (secondary N) is 2. The molecule has 1 aromatic rings. The Hall–Kier alpha value is -1.06. The van der Waals surface area contributed by atoms with E-state index in [2.05, 4.69) is 42.7 Å². The molecule has 1 aliphatic rings. The van der Waals surface area contributed by atoms with Crippen LogP contribution >= 0.6 is 0 Å². The Bertz CT molecular complexity index is 339. The van der Waals surface area contributed by atoms with Gasteiger partial charge >= 0.3 is 0 Å². The second-order valence-corrected chi connectivity index (χ2v) is 4.71. The molecular formula is C14H22N2O. The van der Waals surface area contributed by atoms with Gasteiger partial charge in [-0.25, -0.2) is 0 Å². The lowest BCUT2D eigenvalue weighted by Crippen LogP contribution is -2.48. The molecule has 1 saturated heterocycles. The zero-order chi connectivity index (χ0) is 12.1. The summed E-state index contributed by atoms with van der Waals surface area (Å²) in [5.74, 6) is 1.05. The highest BCUT2D eigenvalue weighted by molar-refractivity contribution is 5.39. The zero-order valence-electron chi connectivity index (χ0n) is 10.8. The highest BCUT2D eigenvalue weighted by atomic mass is 16.5. The van der Waals surface area contributed by atoms with E-state index in [4.69, 9.17) is 4.74 Å². The molecule has 1 aromatic carbocycles. The van der Waals surface area contributed by atoms with Gasteiger partial charge in [-0.3, -0.25) is 0 Å². The second-order valence-electron chi connectivity index (χ2n) is 4.71. The predicted octanol–water partition coefficient (Wildman–Crippen LogP) is 1.63. The van der Waals surface area contributed by atoms with E-state index in [1.54, 1.807) is 0 Å². The van der Waals surface area contributed by atoms with Crippen LogP contribution in [0.25, 0.3) is 0 Å². The maximum atomic E-state index is 5.90. The van der Waals surface area contributed by atoms with E-state index in [1.807, 2.05) is 0 Å². The lowest BCUT2D eigenvalue weighted by molar-refractivity contribution is 0.271. The van der Waals surface area contributed by atoms with Crippen LogP contribution < -0.4 is 15.4 Å². The van der Waals surface area contributed by atoms with Crippen LogP contribution in [0.1, 0.15) is 17.5 Å². The van der Waals surface area contributed by atoms with Crippen LogP contribution in [0.5, 0.6) is 5.75 Å². The number of rotatable bonds is 4. The fourth-order valence-electron chi connectivity index (χ4n) is 2.25. The summed E-state index contributed by atoms with van der Waals surface area (Å²) in [6, 6.07) is 6.82. The molecule has 1 atom stereocenters. The van der Waals surface area contributed by atoms with Gasteiger partial charge in [-0.15, -0.1) is 0 Å².